The van der Waals surface area contributed by atoms with Crippen LogP contribution in [0.15, 0.2) is 48.7 Å². The molecule has 0 radical (unpaired) electrons. The van der Waals surface area contributed by atoms with Crippen LogP contribution in [0.4, 0.5) is 5.82 Å². The van der Waals surface area contributed by atoms with E-state index in [0.29, 0.717) is 13.2 Å². The van der Waals surface area contributed by atoms with Gasteiger partial charge in [-0.15, -0.1) is 0 Å². The molecule has 138 valence electrons. The maximum atomic E-state index is 12.2. The number of amides is 1. The van der Waals surface area contributed by atoms with Gasteiger partial charge in [0.15, 0.2) is 0 Å². The van der Waals surface area contributed by atoms with Crippen LogP contribution in [0.1, 0.15) is 37.3 Å². The van der Waals surface area contributed by atoms with Gasteiger partial charge in [0.05, 0.1) is 6.61 Å². The molecule has 1 N–H and O–H groups in total. The highest BCUT2D eigenvalue weighted by Gasteiger charge is 2.14. The van der Waals surface area contributed by atoms with Crippen molar-refractivity contribution in [1.82, 2.24) is 10.3 Å². The van der Waals surface area contributed by atoms with Gasteiger partial charge in [-0.05, 0) is 43.4 Å². The predicted octanol–water partition coefficient (Wildman–Crippen LogP) is 3.29. The molecule has 2 aromatic rings. The Morgan fingerprint density at radius 1 is 1.12 bits per heavy atom. The molecule has 0 bridgehead atoms. The number of aromatic nitrogens is 1. The van der Waals surface area contributed by atoms with Gasteiger partial charge in [0, 0.05) is 25.8 Å². The highest BCUT2D eigenvalue weighted by molar-refractivity contribution is 5.80. The van der Waals surface area contributed by atoms with E-state index in [1.807, 2.05) is 48.7 Å². The summed E-state index contributed by atoms with van der Waals surface area (Å²) >= 11 is 0. The fraction of sp³-hybridized carbons (Fsp3) is 0.429. The van der Waals surface area contributed by atoms with Gasteiger partial charge < -0.3 is 15.0 Å². The standard InChI is InChI=1S/C21H27N3O2/c1-17(26-16-18-8-4-2-5-9-18)21(25)23-15-19-10-11-20(22-14-19)24-12-6-3-7-13-24/h2,4-5,8-11,14,17H,3,6-7,12-13,15-16H2,1H3,(H,23,25). The van der Waals surface area contributed by atoms with Crippen molar-refractivity contribution in [3.63, 3.8) is 0 Å². The number of pyridine rings is 1. The number of nitrogens with zero attached hydrogens (tertiary/aromatic N) is 2. The topological polar surface area (TPSA) is 54.5 Å². The number of carbonyl (C=O) groups is 1. The van der Waals surface area contributed by atoms with Crippen molar-refractivity contribution in [2.24, 2.45) is 0 Å². The summed E-state index contributed by atoms with van der Waals surface area (Å²) in [4.78, 5) is 19.1. The van der Waals surface area contributed by atoms with Crippen molar-refractivity contribution in [2.75, 3.05) is 18.0 Å². The molecule has 1 aliphatic rings. The zero-order valence-corrected chi connectivity index (χ0v) is 15.4. The van der Waals surface area contributed by atoms with Crippen LogP contribution in [-0.2, 0) is 22.7 Å². The fourth-order valence-electron chi connectivity index (χ4n) is 3.04. The van der Waals surface area contributed by atoms with Crippen molar-refractivity contribution < 1.29 is 9.53 Å². The molecule has 1 unspecified atom stereocenters. The molecule has 1 fully saturated rings. The lowest BCUT2D eigenvalue weighted by Gasteiger charge is -2.27. The molecule has 1 saturated heterocycles. The highest BCUT2D eigenvalue weighted by Crippen LogP contribution is 2.17. The number of rotatable bonds is 7. The first kappa shape index (κ1) is 18.4. The van der Waals surface area contributed by atoms with Gasteiger partial charge >= 0.3 is 0 Å². The lowest BCUT2D eigenvalue weighted by atomic mass is 10.1. The lowest BCUT2D eigenvalue weighted by molar-refractivity contribution is -0.132. The number of nitrogens with one attached hydrogen (secondary N) is 1. The van der Waals surface area contributed by atoms with Crippen LogP contribution in [0.5, 0.6) is 0 Å². The molecule has 1 atom stereocenters. The van der Waals surface area contributed by atoms with E-state index in [1.165, 1.54) is 19.3 Å². The van der Waals surface area contributed by atoms with E-state index in [2.05, 4.69) is 15.2 Å². The first-order valence-corrected chi connectivity index (χ1v) is 9.35. The summed E-state index contributed by atoms with van der Waals surface area (Å²) < 4.78 is 5.64. The van der Waals surface area contributed by atoms with E-state index in [0.717, 1.165) is 30.0 Å². The molecule has 5 nitrogen and oxygen atoms in total. The van der Waals surface area contributed by atoms with Gasteiger partial charge in [-0.3, -0.25) is 4.79 Å². The molecule has 1 aromatic heterocycles. The number of ether oxygens (including phenoxy) is 1. The van der Waals surface area contributed by atoms with Gasteiger partial charge in [0.25, 0.3) is 0 Å². The quantitative estimate of drug-likeness (QED) is 0.830. The van der Waals surface area contributed by atoms with Crippen molar-refractivity contribution in [3.05, 3.63) is 59.8 Å². The summed E-state index contributed by atoms with van der Waals surface area (Å²) in [5.74, 6) is 0.917. The first-order valence-electron chi connectivity index (χ1n) is 9.35. The number of benzene rings is 1. The van der Waals surface area contributed by atoms with E-state index in [-0.39, 0.29) is 5.91 Å². The first-order chi connectivity index (χ1) is 12.7. The Hall–Kier alpha value is -2.40. The van der Waals surface area contributed by atoms with Gasteiger partial charge in [0.1, 0.15) is 11.9 Å². The van der Waals surface area contributed by atoms with Crippen LogP contribution in [0.2, 0.25) is 0 Å². The summed E-state index contributed by atoms with van der Waals surface area (Å²) in [5.41, 5.74) is 2.05. The average Bonchev–Trinajstić information content (AvgIpc) is 2.72. The monoisotopic (exact) mass is 353 g/mol. The smallest absolute Gasteiger partial charge is 0.249 e. The van der Waals surface area contributed by atoms with Crippen molar-refractivity contribution >= 4 is 11.7 Å². The maximum absolute atomic E-state index is 12.2. The Morgan fingerprint density at radius 3 is 2.58 bits per heavy atom. The van der Waals surface area contributed by atoms with Crippen LogP contribution in [-0.4, -0.2) is 30.1 Å². The number of anilines is 1. The molecule has 0 aliphatic carbocycles. The second-order valence-corrected chi connectivity index (χ2v) is 6.73. The number of piperidine rings is 1. The fourth-order valence-corrected chi connectivity index (χ4v) is 3.04. The number of carbonyl (C=O) groups excluding carboxylic acids is 1. The normalized spacial score (nSPS) is 15.5. The van der Waals surface area contributed by atoms with Crippen molar-refractivity contribution in [2.45, 2.75) is 45.4 Å². The van der Waals surface area contributed by atoms with E-state index < -0.39 is 6.10 Å². The van der Waals surface area contributed by atoms with Crippen LogP contribution in [0.3, 0.4) is 0 Å². The highest BCUT2D eigenvalue weighted by atomic mass is 16.5. The third-order valence-corrected chi connectivity index (χ3v) is 4.67. The third kappa shape index (κ3) is 5.30. The van der Waals surface area contributed by atoms with Crippen LogP contribution in [0, 0.1) is 0 Å². The Morgan fingerprint density at radius 2 is 1.88 bits per heavy atom. The second-order valence-electron chi connectivity index (χ2n) is 6.73. The SMILES string of the molecule is CC(OCc1ccccc1)C(=O)NCc1ccc(N2CCCCC2)nc1. The van der Waals surface area contributed by atoms with Crippen molar-refractivity contribution in [1.29, 1.82) is 0 Å². The van der Waals surface area contributed by atoms with E-state index in [9.17, 15) is 4.79 Å². The van der Waals surface area contributed by atoms with E-state index in [1.54, 1.807) is 6.92 Å². The number of hydrogen-bond donors (Lipinski definition) is 1. The van der Waals surface area contributed by atoms with E-state index >= 15 is 0 Å². The largest absolute Gasteiger partial charge is 0.364 e. The van der Waals surface area contributed by atoms with Gasteiger partial charge in [0.2, 0.25) is 5.91 Å². The Kier molecular flexibility index (Phi) is 6.61. The molecule has 1 aliphatic heterocycles. The Labute approximate surface area is 155 Å². The summed E-state index contributed by atoms with van der Waals surface area (Å²) in [6.07, 6.45) is 5.14. The molecular formula is C21H27N3O2. The summed E-state index contributed by atoms with van der Waals surface area (Å²) in [6, 6.07) is 13.9. The molecule has 0 spiro atoms. The minimum absolute atomic E-state index is 0.110. The third-order valence-electron chi connectivity index (χ3n) is 4.67. The second kappa shape index (κ2) is 9.34. The Balaban J connectivity index is 1.43. The number of hydrogen-bond acceptors (Lipinski definition) is 4. The summed E-state index contributed by atoms with van der Waals surface area (Å²) in [5, 5.41) is 2.92. The van der Waals surface area contributed by atoms with Gasteiger partial charge in [-0.25, -0.2) is 4.98 Å². The molecular weight excluding hydrogens is 326 g/mol. The molecule has 26 heavy (non-hydrogen) atoms. The zero-order valence-electron chi connectivity index (χ0n) is 15.4. The predicted molar refractivity (Wildman–Crippen MR) is 103 cm³/mol. The Bertz CT molecular complexity index is 682. The minimum Gasteiger partial charge on any atom is -0.364 e. The van der Waals surface area contributed by atoms with Crippen LogP contribution in [0.25, 0.3) is 0 Å². The van der Waals surface area contributed by atoms with Crippen LogP contribution >= 0.6 is 0 Å². The lowest BCUT2D eigenvalue weighted by Crippen LogP contribution is -2.34. The maximum Gasteiger partial charge on any atom is 0.249 e. The molecule has 2 heterocycles. The van der Waals surface area contributed by atoms with Gasteiger partial charge in [-0.2, -0.15) is 0 Å². The summed E-state index contributed by atoms with van der Waals surface area (Å²) in [6.45, 7) is 4.83. The minimum atomic E-state index is -0.490. The molecule has 5 heteroatoms. The molecule has 1 amide bonds. The molecule has 3 rings (SSSR count). The average molecular weight is 353 g/mol. The van der Waals surface area contributed by atoms with Crippen molar-refractivity contribution in [3.8, 4) is 0 Å². The summed E-state index contributed by atoms with van der Waals surface area (Å²) in [7, 11) is 0. The van der Waals surface area contributed by atoms with Gasteiger partial charge in [-0.1, -0.05) is 36.4 Å². The molecule has 0 saturated carbocycles. The van der Waals surface area contributed by atoms with Crippen LogP contribution < -0.4 is 10.2 Å². The molecule has 1 aromatic carbocycles. The van der Waals surface area contributed by atoms with E-state index in [4.69, 9.17) is 4.74 Å². The zero-order chi connectivity index (χ0) is 18.2.